The number of benzene rings is 1. The standard InChI is InChI=1S/C22H27N3O5S/c1-5-11-31-22-24-18-17(19(26)25-22)16(15(12(3)23-18)21(28)30-6-2)13-7-9-14(10-8-13)20(27)29-4/h5,7-10,16-18,22-24H,1,6,11H2,2-4H3,(H,25,26). The number of carbonyl (C=O) groups excluding carboxylic acids is 3. The molecule has 1 aromatic rings. The van der Waals surface area contributed by atoms with Crippen LogP contribution in [0.15, 0.2) is 48.2 Å². The lowest BCUT2D eigenvalue weighted by atomic mass is 9.74. The summed E-state index contributed by atoms with van der Waals surface area (Å²) in [5, 5.41) is 9.64. The second-order valence-corrected chi connectivity index (χ2v) is 8.31. The molecule has 9 heteroatoms. The van der Waals surface area contributed by atoms with Crippen molar-refractivity contribution in [3.05, 3.63) is 59.3 Å². The fourth-order valence-electron chi connectivity index (χ4n) is 3.95. The average Bonchev–Trinajstić information content (AvgIpc) is 2.76. The van der Waals surface area contributed by atoms with Gasteiger partial charge in [0.1, 0.15) is 5.50 Å². The van der Waals surface area contributed by atoms with Gasteiger partial charge in [0.05, 0.1) is 36.9 Å². The van der Waals surface area contributed by atoms with E-state index >= 15 is 0 Å². The van der Waals surface area contributed by atoms with Crippen molar-refractivity contribution in [3.63, 3.8) is 0 Å². The van der Waals surface area contributed by atoms with Crippen LogP contribution in [0.3, 0.4) is 0 Å². The van der Waals surface area contributed by atoms with Crippen molar-refractivity contribution in [1.29, 1.82) is 0 Å². The number of thioether (sulfide) groups is 1. The summed E-state index contributed by atoms with van der Waals surface area (Å²) in [5.41, 5.74) is 1.90. The Morgan fingerprint density at radius 1 is 1.19 bits per heavy atom. The van der Waals surface area contributed by atoms with Crippen molar-refractivity contribution in [2.75, 3.05) is 19.5 Å². The van der Waals surface area contributed by atoms with E-state index in [4.69, 9.17) is 9.47 Å². The molecule has 4 atom stereocenters. The summed E-state index contributed by atoms with van der Waals surface area (Å²) in [6.07, 6.45) is 1.40. The lowest BCUT2D eigenvalue weighted by Gasteiger charge is -2.45. The number of amides is 1. The van der Waals surface area contributed by atoms with Gasteiger partial charge in [0.15, 0.2) is 0 Å². The van der Waals surface area contributed by atoms with E-state index < -0.39 is 23.8 Å². The summed E-state index contributed by atoms with van der Waals surface area (Å²) >= 11 is 1.52. The second-order valence-electron chi connectivity index (χ2n) is 7.18. The van der Waals surface area contributed by atoms with Crippen LogP contribution in [0, 0.1) is 5.92 Å². The highest BCUT2D eigenvalue weighted by atomic mass is 32.2. The van der Waals surface area contributed by atoms with E-state index in [1.165, 1.54) is 18.9 Å². The van der Waals surface area contributed by atoms with Crippen molar-refractivity contribution < 1.29 is 23.9 Å². The predicted molar refractivity (Wildman–Crippen MR) is 118 cm³/mol. The van der Waals surface area contributed by atoms with Crippen LogP contribution in [0.25, 0.3) is 0 Å². The van der Waals surface area contributed by atoms with Crippen molar-refractivity contribution >= 4 is 29.6 Å². The molecule has 2 heterocycles. The van der Waals surface area contributed by atoms with Crippen LogP contribution in [0.5, 0.6) is 0 Å². The SMILES string of the molecule is C=CCSC1NC(=O)C2C(NC(C)=C(C(=O)OCC)C2c2ccc(C(=O)OC)cc2)N1. The first-order chi connectivity index (χ1) is 14.9. The van der Waals surface area contributed by atoms with E-state index in [1.807, 2.05) is 0 Å². The Kier molecular flexibility index (Phi) is 7.40. The summed E-state index contributed by atoms with van der Waals surface area (Å²) in [4.78, 5) is 37.8. The number of allylic oxidation sites excluding steroid dienone is 1. The molecule has 2 aliphatic heterocycles. The highest BCUT2D eigenvalue weighted by Gasteiger charge is 2.48. The number of fused-ring (bicyclic) bond motifs is 1. The number of ether oxygens (including phenoxy) is 2. The first kappa shape index (κ1) is 22.9. The van der Waals surface area contributed by atoms with E-state index in [0.717, 1.165) is 5.56 Å². The van der Waals surface area contributed by atoms with E-state index in [2.05, 4.69) is 22.5 Å². The first-order valence-electron chi connectivity index (χ1n) is 10.0. The Bertz CT molecular complexity index is 899. The largest absolute Gasteiger partial charge is 0.465 e. The minimum absolute atomic E-state index is 0.172. The number of carbonyl (C=O) groups is 3. The zero-order valence-corrected chi connectivity index (χ0v) is 18.6. The van der Waals surface area contributed by atoms with Gasteiger partial charge in [0.2, 0.25) is 5.91 Å². The van der Waals surface area contributed by atoms with Crippen molar-refractivity contribution in [1.82, 2.24) is 16.0 Å². The fraction of sp³-hybridized carbons (Fsp3) is 0.409. The lowest BCUT2D eigenvalue weighted by molar-refractivity contribution is -0.139. The molecule has 8 nitrogen and oxygen atoms in total. The van der Waals surface area contributed by atoms with Gasteiger partial charge in [0, 0.05) is 17.4 Å². The van der Waals surface area contributed by atoms with Crippen molar-refractivity contribution in [3.8, 4) is 0 Å². The van der Waals surface area contributed by atoms with Crippen LogP contribution in [0.2, 0.25) is 0 Å². The molecule has 1 saturated heterocycles. The number of rotatable bonds is 7. The van der Waals surface area contributed by atoms with Crippen LogP contribution < -0.4 is 16.0 Å². The predicted octanol–water partition coefficient (Wildman–Crippen LogP) is 1.86. The lowest BCUT2D eigenvalue weighted by Crippen LogP contribution is -2.67. The molecule has 0 spiro atoms. The summed E-state index contributed by atoms with van der Waals surface area (Å²) in [5.74, 6) is -1.55. The van der Waals surface area contributed by atoms with E-state index in [9.17, 15) is 14.4 Å². The maximum Gasteiger partial charge on any atom is 0.337 e. The Morgan fingerprint density at radius 3 is 2.52 bits per heavy atom. The zero-order chi connectivity index (χ0) is 22.5. The molecule has 0 saturated carbocycles. The summed E-state index contributed by atoms with van der Waals surface area (Å²) in [7, 11) is 1.32. The third-order valence-corrected chi connectivity index (χ3v) is 6.29. The molecular weight excluding hydrogens is 418 g/mol. The quantitative estimate of drug-likeness (QED) is 0.431. The third-order valence-electron chi connectivity index (χ3n) is 5.28. The summed E-state index contributed by atoms with van der Waals surface area (Å²) in [6.45, 7) is 7.48. The van der Waals surface area contributed by atoms with E-state index in [0.29, 0.717) is 22.6 Å². The van der Waals surface area contributed by atoms with Gasteiger partial charge in [-0.3, -0.25) is 10.1 Å². The Labute approximate surface area is 185 Å². The Balaban J connectivity index is 2.01. The molecule has 2 aliphatic rings. The second kappa shape index (κ2) is 10.0. The fourth-order valence-corrected chi connectivity index (χ4v) is 4.72. The van der Waals surface area contributed by atoms with E-state index in [-0.39, 0.29) is 24.2 Å². The molecule has 0 bridgehead atoms. The minimum atomic E-state index is -0.590. The van der Waals surface area contributed by atoms with Gasteiger partial charge < -0.3 is 20.1 Å². The summed E-state index contributed by atoms with van der Waals surface area (Å²) in [6, 6.07) is 6.76. The average molecular weight is 446 g/mol. The minimum Gasteiger partial charge on any atom is -0.465 e. The van der Waals surface area contributed by atoms with Gasteiger partial charge in [-0.25, -0.2) is 9.59 Å². The van der Waals surface area contributed by atoms with Crippen molar-refractivity contribution in [2.24, 2.45) is 5.92 Å². The molecule has 166 valence electrons. The normalized spacial score (nSPS) is 25.1. The smallest absolute Gasteiger partial charge is 0.337 e. The number of methoxy groups -OCH3 is 1. The highest BCUT2D eigenvalue weighted by molar-refractivity contribution is 7.99. The van der Waals surface area contributed by atoms with Crippen LogP contribution >= 0.6 is 11.8 Å². The van der Waals surface area contributed by atoms with Crippen LogP contribution in [-0.4, -0.2) is 49.0 Å². The number of nitrogens with one attached hydrogen (secondary N) is 3. The molecule has 3 N–H and O–H groups in total. The molecule has 0 radical (unpaired) electrons. The molecular formula is C22H27N3O5S. The molecule has 3 rings (SSSR count). The molecule has 1 amide bonds. The molecule has 31 heavy (non-hydrogen) atoms. The Morgan fingerprint density at radius 2 is 1.90 bits per heavy atom. The van der Waals surface area contributed by atoms with Gasteiger partial charge >= 0.3 is 11.9 Å². The van der Waals surface area contributed by atoms with Gasteiger partial charge in [-0.05, 0) is 31.5 Å². The van der Waals surface area contributed by atoms with Crippen LogP contribution in [-0.2, 0) is 19.1 Å². The zero-order valence-electron chi connectivity index (χ0n) is 17.8. The maximum absolute atomic E-state index is 13.2. The monoisotopic (exact) mass is 445 g/mol. The first-order valence-corrected chi connectivity index (χ1v) is 11.1. The van der Waals surface area contributed by atoms with Crippen LogP contribution in [0.1, 0.15) is 35.7 Å². The maximum atomic E-state index is 13.2. The van der Waals surface area contributed by atoms with Gasteiger partial charge in [-0.15, -0.1) is 18.3 Å². The number of hydrogen-bond donors (Lipinski definition) is 3. The molecule has 4 unspecified atom stereocenters. The van der Waals surface area contributed by atoms with Gasteiger partial charge in [-0.1, -0.05) is 18.2 Å². The van der Waals surface area contributed by atoms with Gasteiger partial charge in [0.25, 0.3) is 0 Å². The molecule has 0 aliphatic carbocycles. The molecule has 0 aromatic heterocycles. The Hall–Kier alpha value is -2.78. The number of hydrogen-bond acceptors (Lipinski definition) is 8. The van der Waals surface area contributed by atoms with E-state index in [1.54, 1.807) is 44.2 Å². The van der Waals surface area contributed by atoms with Crippen molar-refractivity contribution in [2.45, 2.75) is 31.4 Å². The topological polar surface area (TPSA) is 106 Å². The molecule has 1 aromatic carbocycles. The van der Waals surface area contributed by atoms with Crippen LogP contribution in [0.4, 0.5) is 0 Å². The third kappa shape index (κ3) is 4.77. The number of esters is 2. The summed E-state index contributed by atoms with van der Waals surface area (Å²) < 4.78 is 10.1. The van der Waals surface area contributed by atoms with Gasteiger partial charge in [-0.2, -0.15) is 0 Å². The molecule has 1 fully saturated rings. The highest BCUT2D eigenvalue weighted by Crippen LogP contribution is 2.41.